The van der Waals surface area contributed by atoms with Crippen LogP contribution in [-0.2, 0) is 14.3 Å². The number of aliphatic hydroxyl groups is 1. The maximum atomic E-state index is 11.3. The Labute approximate surface area is 76.1 Å². The summed E-state index contributed by atoms with van der Waals surface area (Å²) in [5, 5.41) is 9.43. The molecule has 3 atom stereocenters. The van der Waals surface area contributed by atoms with Gasteiger partial charge in [0.15, 0.2) is 0 Å². The predicted octanol–water partition coefficient (Wildman–Crippen LogP) is 0.00790. The second-order valence-electron chi connectivity index (χ2n) is 3.25. The fourth-order valence-electron chi connectivity index (χ4n) is 1.56. The van der Waals surface area contributed by atoms with Crippen molar-refractivity contribution in [2.24, 2.45) is 0 Å². The van der Waals surface area contributed by atoms with Gasteiger partial charge in [-0.2, -0.15) is 0 Å². The molecule has 0 spiro atoms. The summed E-state index contributed by atoms with van der Waals surface area (Å²) in [7, 11) is 0. The lowest BCUT2D eigenvalue weighted by Gasteiger charge is -2.13. The molecule has 72 valence electrons. The third-order valence-electron chi connectivity index (χ3n) is 2.27. The Hall–Kier alpha value is -0.870. The van der Waals surface area contributed by atoms with Crippen molar-refractivity contribution in [3.8, 4) is 0 Å². The van der Waals surface area contributed by atoms with Crippen LogP contribution >= 0.6 is 0 Å². The van der Waals surface area contributed by atoms with Crippen molar-refractivity contribution in [1.29, 1.82) is 0 Å². The van der Waals surface area contributed by atoms with Gasteiger partial charge in [0, 0.05) is 12.0 Å². The molecule has 0 saturated carbocycles. The van der Waals surface area contributed by atoms with Crippen LogP contribution in [0, 0.1) is 0 Å². The summed E-state index contributed by atoms with van der Waals surface area (Å²) in [6, 6.07) is 0. The van der Waals surface area contributed by atoms with Gasteiger partial charge in [0.2, 0.25) is 0 Å². The van der Waals surface area contributed by atoms with Crippen LogP contribution in [0.15, 0.2) is 11.6 Å². The number of esters is 1. The molecule has 1 saturated heterocycles. The highest BCUT2D eigenvalue weighted by Gasteiger charge is 2.47. The van der Waals surface area contributed by atoms with E-state index in [1.165, 1.54) is 0 Å². The van der Waals surface area contributed by atoms with Crippen molar-refractivity contribution in [1.82, 2.24) is 0 Å². The Morgan fingerprint density at radius 2 is 2.62 bits per heavy atom. The molecule has 2 rings (SSSR count). The van der Waals surface area contributed by atoms with Crippen LogP contribution < -0.4 is 0 Å². The second kappa shape index (κ2) is 3.12. The summed E-state index contributed by atoms with van der Waals surface area (Å²) in [6.07, 6.45) is 1.39. The first-order valence-corrected chi connectivity index (χ1v) is 4.43. The highest BCUT2D eigenvalue weighted by atomic mass is 16.6. The van der Waals surface area contributed by atoms with Crippen LogP contribution in [0.2, 0.25) is 0 Å². The molecule has 13 heavy (non-hydrogen) atoms. The van der Waals surface area contributed by atoms with Crippen molar-refractivity contribution >= 4 is 5.97 Å². The van der Waals surface area contributed by atoms with Gasteiger partial charge >= 0.3 is 5.97 Å². The van der Waals surface area contributed by atoms with Gasteiger partial charge in [-0.15, -0.1) is 0 Å². The first-order valence-electron chi connectivity index (χ1n) is 4.43. The van der Waals surface area contributed by atoms with Gasteiger partial charge in [-0.05, 0) is 13.0 Å². The van der Waals surface area contributed by atoms with Gasteiger partial charge in [-0.1, -0.05) is 0 Å². The van der Waals surface area contributed by atoms with Crippen LogP contribution in [-0.4, -0.2) is 36.0 Å². The molecule has 0 bridgehead atoms. The van der Waals surface area contributed by atoms with E-state index in [1.807, 2.05) is 0 Å². The van der Waals surface area contributed by atoms with E-state index >= 15 is 0 Å². The van der Waals surface area contributed by atoms with E-state index in [0.717, 1.165) is 0 Å². The van der Waals surface area contributed by atoms with E-state index in [4.69, 9.17) is 9.47 Å². The lowest BCUT2D eigenvalue weighted by molar-refractivity contribution is -0.139. The molecule has 4 heteroatoms. The number of hydrogen-bond donors (Lipinski definition) is 1. The molecular weight excluding hydrogens is 172 g/mol. The van der Waals surface area contributed by atoms with Crippen molar-refractivity contribution in [2.45, 2.75) is 31.7 Å². The van der Waals surface area contributed by atoms with Gasteiger partial charge in [-0.3, -0.25) is 0 Å². The minimum Gasteiger partial charge on any atom is -0.463 e. The SMILES string of the molecule is CCOC(=O)C1=C[C@@H]2O[C@@H]2[C@H](O)C1. The molecule has 1 aliphatic heterocycles. The Morgan fingerprint density at radius 3 is 3.23 bits per heavy atom. The summed E-state index contributed by atoms with van der Waals surface area (Å²) in [4.78, 5) is 11.3. The van der Waals surface area contributed by atoms with E-state index in [0.29, 0.717) is 18.6 Å². The van der Waals surface area contributed by atoms with Gasteiger partial charge in [-0.25, -0.2) is 4.79 Å². The molecule has 1 N–H and O–H groups in total. The highest BCUT2D eigenvalue weighted by molar-refractivity contribution is 5.89. The molecule has 1 fully saturated rings. The first-order chi connectivity index (χ1) is 6.22. The molecule has 0 aromatic rings. The second-order valence-corrected chi connectivity index (χ2v) is 3.25. The number of hydrogen-bond acceptors (Lipinski definition) is 4. The molecule has 0 unspecified atom stereocenters. The van der Waals surface area contributed by atoms with Gasteiger partial charge < -0.3 is 14.6 Å². The number of aliphatic hydroxyl groups excluding tert-OH is 1. The molecule has 0 aromatic heterocycles. The van der Waals surface area contributed by atoms with Gasteiger partial charge in [0.05, 0.1) is 12.7 Å². The third-order valence-corrected chi connectivity index (χ3v) is 2.27. The summed E-state index contributed by atoms with van der Waals surface area (Å²) >= 11 is 0. The topological polar surface area (TPSA) is 59.1 Å². The number of ether oxygens (including phenoxy) is 2. The van der Waals surface area contributed by atoms with E-state index in [-0.39, 0.29) is 18.2 Å². The van der Waals surface area contributed by atoms with Crippen molar-refractivity contribution in [3.63, 3.8) is 0 Å². The van der Waals surface area contributed by atoms with Gasteiger partial charge in [0.25, 0.3) is 0 Å². The number of rotatable bonds is 2. The normalized spacial score (nSPS) is 36.2. The van der Waals surface area contributed by atoms with Crippen molar-refractivity contribution in [2.75, 3.05) is 6.61 Å². The summed E-state index contributed by atoms with van der Waals surface area (Å²) in [5.74, 6) is -0.337. The summed E-state index contributed by atoms with van der Waals surface area (Å²) < 4.78 is 9.94. The molecule has 0 radical (unpaired) electrons. The zero-order chi connectivity index (χ0) is 9.42. The third kappa shape index (κ3) is 1.59. The number of epoxide rings is 1. The monoisotopic (exact) mass is 184 g/mol. The van der Waals surface area contributed by atoms with Gasteiger partial charge in [0.1, 0.15) is 12.2 Å². The Morgan fingerprint density at radius 1 is 1.85 bits per heavy atom. The molecule has 0 amide bonds. The van der Waals surface area contributed by atoms with E-state index in [1.54, 1.807) is 13.0 Å². The molecule has 4 nitrogen and oxygen atoms in total. The molecular formula is C9H12O4. The zero-order valence-electron chi connectivity index (χ0n) is 7.40. The maximum Gasteiger partial charge on any atom is 0.333 e. The van der Waals surface area contributed by atoms with Crippen LogP contribution in [0.5, 0.6) is 0 Å². The zero-order valence-corrected chi connectivity index (χ0v) is 7.40. The number of carbonyl (C=O) groups is 1. The van der Waals surface area contributed by atoms with E-state index in [2.05, 4.69) is 0 Å². The quantitative estimate of drug-likeness (QED) is 0.485. The lowest BCUT2D eigenvalue weighted by Crippen LogP contribution is -2.24. The number of carbonyl (C=O) groups excluding carboxylic acids is 1. The average Bonchev–Trinajstić information content (AvgIpc) is 2.84. The molecule has 0 aromatic carbocycles. The van der Waals surface area contributed by atoms with Crippen LogP contribution in [0.25, 0.3) is 0 Å². The Kier molecular flexibility index (Phi) is 2.09. The van der Waals surface area contributed by atoms with Crippen LogP contribution in [0.4, 0.5) is 0 Å². The largest absolute Gasteiger partial charge is 0.463 e. The summed E-state index contributed by atoms with van der Waals surface area (Å²) in [6.45, 7) is 2.12. The molecule has 1 heterocycles. The fraction of sp³-hybridized carbons (Fsp3) is 0.667. The lowest BCUT2D eigenvalue weighted by atomic mass is 9.97. The molecule has 1 aliphatic carbocycles. The maximum absolute atomic E-state index is 11.3. The van der Waals surface area contributed by atoms with Crippen LogP contribution in [0.1, 0.15) is 13.3 Å². The van der Waals surface area contributed by atoms with E-state index in [9.17, 15) is 9.90 Å². The Bertz CT molecular complexity index is 258. The summed E-state index contributed by atoms with van der Waals surface area (Å²) in [5.41, 5.74) is 0.535. The van der Waals surface area contributed by atoms with Crippen molar-refractivity contribution < 1.29 is 19.4 Å². The minimum absolute atomic E-state index is 0.0665. The van der Waals surface area contributed by atoms with Crippen LogP contribution in [0.3, 0.4) is 0 Å². The Balaban J connectivity index is 2.03. The standard InChI is InChI=1S/C9H12O4/c1-2-12-9(11)5-3-6(10)8-7(4-5)13-8/h4,6-8,10H,2-3H2,1H3/t6-,7+,8-/m1/s1. The molecule has 2 aliphatic rings. The number of fused-ring (bicyclic) bond motifs is 1. The smallest absolute Gasteiger partial charge is 0.333 e. The van der Waals surface area contributed by atoms with E-state index < -0.39 is 6.10 Å². The first kappa shape index (κ1) is 8.72. The highest BCUT2D eigenvalue weighted by Crippen LogP contribution is 2.35. The fourth-order valence-corrected chi connectivity index (χ4v) is 1.56. The van der Waals surface area contributed by atoms with Crippen molar-refractivity contribution in [3.05, 3.63) is 11.6 Å². The minimum atomic E-state index is -0.547. The predicted molar refractivity (Wildman–Crippen MR) is 44.0 cm³/mol. The average molecular weight is 184 g/mol.